The molecule has 0 spiro atoms. The lowest BCUT2D eigenvalue weighted by Gasteiger charge is -2.26. The summed E-state index contributed by atoms with van der Waals surface area (Å²) in [4.78, 5) is 6.94. The van der Waals surface area contributed by atoms with Crippen molar-refractivity contribution in [3.63, 3.8) is 0 Å². The van der Waals surface area contributed by atoms with Crippen molar-refractivity contribution >= 4 is 0 Å². The molecule has 1 fully saturated rings. The molecule has 2 aromatic heterocycles. The van der Waals surface area contributed by atoms with Gasteiger partial charge >= 0.3 is 0 Å². The van der Waals surface area contributed by atoms with Gasteiger partial charge < -0.3 is 18.8 Å². The fourth-order valence-corrected chi connectivity index (χ4v) is 3.99. The Labute approximate surface area is 178 Å². The van der Waals surface area contributed by atoms with Gasteiger partial charge in [0.15, 0.2) is 11.5 Å². The summed E-state index contributed by atoms with van der Waals surface area (Å²) in [6.45, 7) is 3.35. The van der Waals surface area contributed by atoms with Crippen LogP contribution < -0.4 is 9.47 Å². The molecule has 1 saturated heterocycles. The lowest BCUT2D eigenvalue weighted by atomic mass is 10.1. The Morgan fingerprint density at radius 3 is 2.70 bits per heavy atom. The van der Waals surface area contributed by atoms with E-state index >= 15 is 0 Å². The predicted octanol–water partition coefficient (Wildman–Crippen LogP) is 4.07. The third kappa shape index (κ3) is 4.83. The molecule has 0 bridgehead atoms. The first kappa shape index (κ1) is 20.4. The fourth-order valence-electron chi connectivity index (χ4n) is 3.99. The topological polar surface area (TPSA) is 48.8 Å². The zero-order valence-corrected chi connectivity index (χ0v) is 17.7. The number of hydrogen-bond donors (Lipinski definition) is 0. The first-order valence-electron chi connectivity index (χ1n) is 10.4. The van der Waals surface area contributed by atoms with Gasteiger partial charge in [0.05, 0.1) is 20.3 Å². The van der Waals surface area contributed by atoms with E-state index in [0.717, 1.165) is 56.4 Å². The molecular weight excluding hydrogens is 378 g/mol. The van der Waals surface area contributed by atoms with Gasteiger partial charge in [-0.25, -0.2) is 4.98 Å². The van der Waals surface area contributed by atoms with Gasteiger partial charge in [0.2, 0.25) is 0 Å². The van der Waals surface area contributed by atoms with Gasteiger partial charge in [-0.1, -0.05) is 12.1 Å². The van der Waals surface area contributed by atoms with Gasteiger partial charge in [-0.2, -0.15) is 0 Å². The van der Waals surface area contributed by atoms with Crippen molar-refractivity contribution in [2.24, 2.45) is 0 Å². The van der Waals surface area contributed by atoms with Crippen molar-refractivity contribution in [2.45, 2.75) is 32.0 Å². The van der Waals surface area contributed by atoms with Crippen LogP contribution >= 0.6 is 0 Å². The van der Waals surface area contributed by atoms with Crippen LogP contribution in [0.25, 0.3) is 5.82 Å². The molecule has 6 nitrogen and oxygen atoms in total. The third-order valence-electron chi connectivity index (χ3n) is 5.45. The maximum absolute atomic E-state index is 5.93. The lowest BCUT2D eigenvalue weighted by molar-refractivity contribution is 0.0673. The molecule has 3 heterocycles. The molecule has 6 heteroatoms. The van der Waals surface area contributed by atoms with Crippen LogP contribution in [0.15, 0.2) is 60.9 Å². The highest BCUT2D eigenvalue weighted by Gasteiger charge is 2.21. The largest absolute Gasteiger partial charge is 0.493 e. The Balaban J connectivity index is 1.56. The Bertz CT molecular complexity index is 936. The summed E-state index contributed by atoms with van der Waals surface area (Å²) in [7, 11) is 3.33. The van der Waals surface area contributed by atoms with Crippen LogP contribution in [0, 0.1) is 0 Å². The van der Waals surface area contributed by atoms with Gasteiger partial charge in [-0.15, -0.1) is 0 Å². The van der Waals surface area contributed by atoms with Gasteiger partial charge in [-0.05, 0) is 54.8 Å². The third-order valence-corrected chi connectivity index (χ3v) is 5.45. The molecule has 0 radical (unpaired) electrons. The average Bonchev–Trinajstić information content (AvgIpc) is 3.46. The molecule has 1 atom stereocenters. The summed E-state index contributed by atoms with van der Waals surface area (Å²) in [5.74, 6) is 2.43. The Kier molecular flexibility index (Phi) is 6.67. The number of benzene rings is 1. The fraction of sp³-hybridized carbons (Fsp3) is 0.375. The van der Waals surface area contributed by atoms with E-state index in [1.165, 1.54) is 11.3 Å². The molecule has 1 aliphatic rings. The van der Waals surface area contributed by atoms with Gasteiger partial charge in [0, 0.05) is 44.3 Å². The Morgan fingerprint density at radius 2 is 1.97 bits per heavy atom. The number of ether oxygens (including phenoxy) is 3. The monoisotopic (exact) mass is 407 g/mol. The van der Waals surface area contributed by atoms with E-state index in [9.17, 15) is 0 Å². The summed E-state index contributed by atoms with van der Waals surface area (Å²) < 4.78 is 19.0. The van der Waals surface area contributed by atoms with Crippen molar-refractivity contribution in [2.75, 3.05) is 27.4 Å². The summed E-state index contributed by atoms with van der Waals surface area (Å²) >= 11 is 0. The molecule has 0 saturated carbocycles. The minimum absolute atomic E-state index is 0.281. The summed E-state index contributed by atoms with van der Waals surface area (Å²) in [6.07, 6.45) is 6.43. The molecule has 0 amide bonds. The number of rotatable bonds is 9. The van der Waals surface area contributed by atoms with Crippen molar-refractivity contribution in [1.82, 2.24) is 14.5 Å². The first-order chi connectivity index (χ1) is 14.8. The van der Waals surface area contributed by atoms with Crippen LogP contribution in [0.4, 0.5) is 0 Å². The van der Waals surface area contributed by atoms with Crippen LogP contribution in [0.5, 0.6) is 11.5 Å². The van der Waals surface area contributed by atoms with Crippen molar-refractivity contribution in [1.29, 1.82) is 0 Å². The second-order valence-electron chi connectivity index (χ2n) is 7.55. The maximum Gasteiger partial charge on any atom is 0.161 e. The van der Waals surface area contributed by atoms with Crippen LogP contribution in [0.1, 0.15) is 24.1 Å². The number of pyridine rings is 1. The van der Waals surface area contributed by atoms with Crippen molar-refractivity contribution in [3.8, 4) is 17.3 Å². The summed E-state index contributed by atoms with van der Waals surface area (Å²) in [6, 6.07) is 16.3. The standard InChI is InChI=1S/C24H29N3O3/c1-28-22-11-10-19(15-23(22)29-2)16-26(18-21-8-6-14-30-21)17-20-7-5-13-27(20)24-9-3-4-12-25-24/h3-5,7,9-13,15,21H,6,8,14,16-18H2,1-2H3/t21-/m0/s1. The minimum Gasteiger partial charge on any atom is -0.493 e. The highest BCUT2D eigenvalue weighted by molar-refractivity contribution is 5.42. The number of aromatic nitrogens is 2. The van der Waals surface area contributed by atoms with Crippen molar-refractivity contribution < 1.29 is 14.2 Å². The van der Waals surface area contributed by atoms with E-state index in [0.29, 0.717) is 0 Å². The highest BCUT2D eigenvalue weighted by atomic mass is 16.5. The molecule has 3 aromatic rings. The molecule has 0 unspecified atom stereocenters. The second kappa shape index (κ2) is 9.78. The highest BCUT2D eigenvalue weighted by Crippen LogP contribution is 2.28. The molecule has 30 heavy (non-hydrogen) atoms. The van der Waals surface area contributed by atoms with E-state index in [4.69, 9.17) is 14.2 Å². The maximum atomic E-state index is 5.93. The zero-order valence-electron chi connectivity index (χ0n) is 17.7. The normalized spacial score (nSPS) is 16.2. The molecule has 1 aromatic carbocycles. The molecule has 1 aliphatic heterocycles. The summed E-state index contributed by atoms with van der Waals surface area (Å²) in [5, 5.41) is 0. The van der Waals surface area contributed by atoms with Crippen LogP contribution in [-0.4, -0.2) is 47.9 Å². The van der Waals surface area contributed by atoms with Gasteiger partial charge in [0.1, 0.15) is 5.82 Å². The van der Waals surface area contributed by atoms with E-state index in [2.05, 4.69) is 44.9 Å². The van der Waals surface area contributed by atoms with Gasteiger partial charge in [0.25, 0.3) is 0 Å². The zero-order chi connectivity index (χ0) is 20.8. The molecule has 4 rings (SSSR count). The Morgan fingerprint density at radius 1 is 1.07 bits per heavy atom. The van der Waals surface area contributed by atoms with E-state index in [-0.39, 0.29) is 6.10 Å². The van der Waals surface area contributed by atoms with Crippen LogP contribution in [0.3, 0.4) is 0 Å². The molecule has 158 valence electrons. The smallest absolute Gasteiger partial charge is 0.161 e. The second-order valence-corrected chi connectivity index (χ2v) is 7.55. The van der Waals surface area contributed by atoms with E-state index in [1.54, 1.807) is 14.2 Å². The average molecular weight is 408 g/mol. The van der Waals surface area contributed by atoms with Gasteiger partial charge in [-0.3, -0.25) is 4.90 Å². The quantitative estimate of drug-likeness (QED) is 0.535. The van der Waals surface area contributed by atoms with Crippen LogP contribution in [0.2, 0.25) is 0 Å². The minimum atomic E-state index is 0.281. The molecule has 0 aliphatic carbocycles. The SMILES string of the molecule is COc1ccc(CN(Cc2cccn2-c2ccccn2)C[C@@H]2CCCO2)cc1OC. The first-order valence-corrected chi connectivity index (χ1v) is 10.4. The van der Waals surface area contributed by atoms with E-state index in [1.807, 2.05) is 30.5 Å². The Hall–Kier alpha value is -2.83. The number of nitrogens with zero attached hydrogens (tertiary/aromatic N) is 3. The van der Waals surface area contributed by atoms with Crippen LogP contribution in [-0.2, 0) is 17.8 Å². The summed E-state index contributed by atoms with van der Waals surface area (Å²) in [5.41, 5.74) is 2.38. The number of methoxy groups -OCH3 is 2. The molecule has 0 N–H and O–H groups in total. The van der Waals surface area contributed by atoms with E-state index < -0.39 is 0 Å². The lowest BCUT2D eigenvalue weighted by Crippen LogP contribution is -2.32. The molecular formula is C24H29N3O3. The number of hydrogen-bond acceptors (Lipinski definition) is 5. The predicted molar refractivity (Wildman–Crippen MR) is 116 cm³/mol. The van der Waals surface area contributed by atoms with Crippen molar-refractivity contribution in [3.05, 3.63) is 72.2 Å².